The molecule has 2 heterocycles. The minimum absolute atomic E-state index is 0.111. The quantitative estimate of drug-likeness (QED) is 0.854. The summed E-state index contributed by atoms with van der Waals surface area (Å²) in [6, 6.07) is 5.68. The Morgan fingerprint density at radius 2 is 1.87 bits per heavy atom. The van der Waals surface area contributed by atoms with E-state index < -0.39 is 0 Å². The fourth-order valence-electron chi connectivity index (χ4n) is 3.36. The molecule has 0 unspecified atom stereocenters. The molecule has 0 atom stereocenters. The van der Waals surface area contributed by atoms with Crippen LogP contribution in [0.1, 0.15) is 37.7 Å². The van der Waals surface area contributed by atoms with Gasteiger partial charge in [-0.25, -0.2) is 4.99 Å². The summed E-state index contributed by atoms with van der Waals surface area (Å²) in [6.45, 7) is 1.13. The van der Waals surface area contributed by atoms with Gasteiger partial charge < -0.3 is 14.8 Å². The summed E-state index contributed by atoms with van der Waals surface area (Å²) in [5, 5.41) is 2.94. The Morgan fingerprint density at radius 1 is 1.09 bits per heavy atom. The highest BCUT2D eigenvalue weighted by molar-refractivity contribution is 6.15. The van der Waals surface area contributed by atoms with Gasteiger partial charge in [0.25, 0.3) is 5.91 Å². The maximum atomic E-state index is 12.2. The molecule has 23 heavy (non-hydrogen) atoms. The second-order valence-corrected chi connectivity index (χ2v) is 6.22. The van der Waals surface area contributed by atoms with E-state index in [1.165, 1.54) is 19.3 Å². The summed E-state index contributed by atoms with van der Waals surface area (Å²) in [7, 11) is 0. The lowest BCUT2D eigenvalue weighted by Gasteiger charge is -2.20. The Labute approximate surface area is 135 Å². The van der Waals surface area contributed by atoms with E-state index in [9.17, 15) is 4.79 Å². The molecule has 1 fully saturated rings. The number of nitrogens with one attached hydrogen (secondary N) is 1. The fraction of sp³-hybridized carbons (Fsp3) is 0.444. The van der Waals surface area contributed by atoms with Crippen LogP contribution in [-0.2, 0) is 4.79 Å². The first-order valence-electron chi connectivity index (χ1n) is 8.31. The number of carbonyl (C=O) groups excluding carboxylic acids is 1. The van der Waals surface area contributed by atoms with Crippen molar-refractivity contribution in [2.75, 3.05) is 13.2 Å². The summed E-state index contributed by atoms with van der Waals surface area (Å²) in [6.07, 6.45) is 7.79. The highest BCUT2D eigenvalue weighted by Gasteiger charge is 2.27. The van der Waals surface area contributed by atoms with Gasteiger partial charge >= 0.3 is 0 Å². The van der Waals surface area contributed by atoms with Gasteiger partial charge in [-0.05, 0) is 36.6 Å². The van der Waals surface area contributed by atoms with Crippen molar-refractivity contribution >= 4 is 17.8 Å². The van der Waals surface area contributed by atoms with Gasteiger partial charge in [0.15, 0.2) is 11.5 Å². The lowest BCUT2D eigenvalue weighted by molar-refractivity contribution is -0.115. The molecule has 0 radical (unpaired) electrons. The second kappa shape index (κ2) is 6.07. The van der Waals surface area contributed by atoms with E-state index in [4.69, 9.17) is 9.47 Å². The molecular formula is C18H20N2O3. The van der Waals surface area contributed by atoms with Crippen LogP contribution in [0.4, 0.5) is 0 Å². The predicted molar refractivity (Wildman–Crippen MR) is 87.6 cm³/mol. The first kappa shape index (κ1) is 14.3. The van der Waals surface area contributed by atoms with Crippen LogP contribution in [-0.4, -0.2) is 25.0 Å². The van der Waals surface area contributed by atoms with Crippen molar-refractivity contribution < 1.29 is 14.3 Å². The molecule has 5 nitrogen and oxygen atoms in total. The monoisotopic (exact) mass is 312 g/mol. The minimum Gasteiger partial charge on any atom is -0.486 e. The number of ether oxygens (including phenoxy) is 2. The van der Waals surface area contributed by atoms with Crippen LogP contribution in [0.3, 0.4) is 0 Å². The molecule has 120 valence electrons. The van der Waals surface area contributed by atoms with Gasteiger partial charge in [0.1, 0.15) is 24.7 Å². The van der Waals surface area contributed by atoms with Gasteiger partial charge in [-0.1, -0.05) is 25.3 Å². The van der Waals surface area contributed by atoms with Crippen molar-refractivity contribution in [3.8, 4) is 11.5 Å². The standard InChI is InChI=1S/C18H20N2O3/c21-18-14(19-17(20-18)13-4-2-1-3-5-13)10-12-6-7-15-16(11-12)23-9-8-22-15/h6-7,10-11,13H,1-5,8-9H2,(H,19,20,21)/b14-10+. The predicted octanol–water partition coefficient (Wildman–Crippen LogP) is 2.91. The SMILES string of the molecule is O=C1NC(C2CCCCC2)=N/C1=C/c1ccc2c(c1)OCCO2. The van der Waals surface area contributed by atoms with Crippen LogP contribution < -0.4 is 14.8 Å². The Morgan fingerprint density at radius 3 is 2.70 bits per heavy atom. The number of carbonyl (C=O) groups is 1. The molecule has 5 heteroatoms. The number of amidine groups is 1. The number of nitrogens with zero attached hydrogens (tertiary/aromatic N) is 1. The molecule has 1 amide bonds. The van der Waals surface area contributed by atoms with Crippen LogP contribution in [0, 0.1) is 5.92 Å². The molecule has 3 aliphatic rings. The number of rotatable bonds is 2. The van der Waals surface area contributed by atoms with E-state index in [0.29, 0.717) is 24.8 Å². The number of hydrogen-bond donors (Lipinski definition) is 1. The van der Waals surface area contributed by atoms with Crippen LogP contribution in [0.25, 0.3) is 6.08 Å². The van der Waals surface area contributed by atoms with Crippen molar-refractivity contribution in [1.29, 1.82) is 0 Å². The van der Waals surface area contributed by atoms with Crippen LogP contribution >= 0.6 is 0 Å². The van der Waals surface area contributed by atoms with Gasteiger partial charge in [0.05, 0.1) is 0 Å². The highest BCUT2D eigenvalue weighted by Crippen LogP contribution is 2.32. The first-order chi connectivity index (χ1) is 11.3. The lowest BCUT2D eigenvalue weighted by atomic mass is 9.88. The van der Waals surface area contributed by atoms with Crippen molar-refractivity contribution in [2.45, 2.75) is 32.1 Å². The number of hydrogen-bond acceptors (Lipinski definition) is 4. The lowest BCUT2D eigenvalue weighted by Crippen LogP contribution is -2.31. The largest absolute Gasteiger partial charge is 0.486 e. The van der Waals surface area contributed by atoms with Crippen molar-refractivity contribution in [1.82, 2.24) is 5.32 Å². The first-order valence-corrected chi connectivity index (χ1v) is 8.31. The summed E-state index contributed by atoms with van der Waals surface area (Å²) in [5.41, 5.74) is 1.37. The molecule has 1 N–H and O–H groups in total. The van der Waals surface area contributed by atoms with Crippen molar-refractivity contribution in [3.05, 3.63) is 29.5 Å². The van der Waals surface area contributed by atoms with Gasteiger partial charge in [-0.2, -0.15) is 0 Å². The zero-order chi connectivity index (χ0) is 15.6. The Bertz CT molecular complexity index is 688. The summed E-state index contributed by atoms with van der Waals surface area (Å²) < 4.78 is 11.1. The number of aliphatic imine (C=N–C) groups is 1. The van der Waals surface area contributed by atoms with Gasteiger partial charge in [-0.3, -0.25) is 4.79 Å². The zero-order valence-corrected chi connectivity index (χ0v) is 13.0. The third kappa shape index (κ3) is 2.96. The molecule has 4 rings (SSSR count). The van der Waals surface area contributed by atoms with E-state index in [2.05, 4.69) is 10.3 Å². The fourth-order valence-corrected chi connectivity index (χ4v) is 3.36. The molecule has 1 saturated carbocycles. The average molecular weight is 312 g/mol. The summed E-state index contributed by atoms with van der Waals surface area (Å²) in [4.78, 5) is 16.7. The number of benzene rings is 1. The van der Waals surface area contributed by atoms with Crippen molar-refractivity contribution in [2.24, 2.45) is 10.9 Å². The molecule has 0 saturated heterocycles. The highest BCUT2D eigenvalue weighted by atomic mass is 16.6. The molecular weight excluding hydrogens is 292 g/mol. The van der Waals surface area contributed by atoms with E-state index in [1.807, 2.05) is 24.3 Å². The van der Waals surface area contributed by atoms with Gasteiger partial charge in [0, 0.05) is 5.92 Å². The minimum atomic E-state index is -0.111. The molecule has 0 spiro atoms. The number of amides is 1. The Hall–Kier alpha value is -2.30. The average Bonchev–Trinajstić information content (AvgIpc) is 2.96. The van der Waals surface area contributed by atoms with E-state index in [0.717, 1.165) is 35.7 Å². The normalized spacial score (nSPS) is 22.9. The third-order valence-corrected chi connectivity index (χ3v) is 4.58. The van der Waals surface area contributed by atoms with E-state index in [1.54, 1.807) is 0 Å². The van der Waals surface area contributed by atoms with Gasteiger partial charge in [-0.15, -0.1) is 0 Å². The zero-order valence-electron chi connectivity index (χ0n) is 13.0. The molecule has 0 aromatic heterocycles. The maximum absolute atomic E-state index is 12.2. The van der Waals surface area contributed by atoms with Crippen LogP contribution in [0.5, 0.6) is 11.5 Å². The third-order valence-electron chi connectivity index (χ3n) is 4.58. The molecule has 0 bridgehead atoms. The topological polar surface area (TPSA) is 59.9 Å². The smallest absolute Gasteiger partial charge is 0.275 e. The van der Waals surface area contributed by atoms with E-state index >= 15 is 0 Å². The summed E-state index contributed by atoms with van der Waals surface area (Å²) in [5.74, 6) is 2.61. The van der Waals surface area contributed by atoms with Crippen LogP contribution in [0.15, 0.2) is 28.9 Å². The summed E-state index contributed by atoms with van der Waals surface area (Å²) >= 11 is 0. The molecule has 1 aromatic rings. The molecule has 1 aliphatic carbocycles. The number of fused-ring (bicyclic) bond motifs is 1. The Balaban J connectivity index is 1.57. The van der Waals surface area contributed by atoms with Crippen molar-refractivity contribution in [3.63, 3.8) is 0 Å². The Kier molecular flexibility index (Phi) is 3.77. The maximum Gasteiger partial charge on any atom is 0.275 e. The van der Waals surface area contributed by atoms with E-state index in [-0.39, 0.29) is 5.91 Å². The van der Waals surface area contributed by atoms with Gasteiger partial charge in [0.2, 0.25) is 0 Å². The second-order valence-electron chi connectivity index (χ2n) is 6.22. The molecule has 1 aromatic carbocycles. The van der Waals surface area contributed by atoms with Crippen LogP contribution in [0.2, 0.25) is 0 Å². The molecule has 2 aliphatic heterocycles.